The molecule has 0 aliphatic carbocycles. The predicted octanol–water partition coefficient (Wildman–Crippen LogP) is 4.61. The smallest absolute Gasteiger partial charge is 0.397 e. The maximum atomic E-state index is 13.7. The second-order valence-corrected chi connectivity index (χ2v) is 9.84. The van der Waals surface area contributed by atoms with Gasteiger partial charge in [0, 0.05) is 27.5 Å². The molecule has 1 unspecified atom stereocenters. The van der Waals surface area contributed by atoms with Gasteiger partial charge in [-0.1, -0.05) is 48.5 Å². The Morgan fingerprint density at radius 2 is 1.71 bits per heavy atom. The fraction of sp³-hybridized carbons (Fsp3) is 0.133. The van der Waals surface area contributed by atoms with Gasteiger partial charge in [0.25, 0.3) is 0 Å². The van der Waals surface area contributed by atoms with Crippen molar-refractivity contribution in [3.8, 4) is 23.0 Å². The lowest BCUT2D eigenvalue weighted by Crippen LogP contribution is -2.29. The summed E-state index contributed by atoms with van der Waals surface area (Å²) in [6, 6.07) is 24.7. The summed E-state index contributed by atoms with van der Waals surface area (Å²) in [6.45, 7) is 1.68. The van der Waals surface area contributed by atoms with Crippen LogP contribution in [0.4, 0.5) is 11.4 Å². The number of nitrogens with zero attached hydrogens (tertiary/aromatic N) is 3. The first-order chi connectivity index (χ1) is 19.9. The van der Waals surface area contributed by atoms with Crippen LogP contribution in [0.5, 0.6) is 0 Å². The van der Waals surface area contributed by atoms with Crippen LogP contribution in [0.25, 0.3) is 16.9 Å². The maximum Gasteiger partial charge on any atom is 0.397 e. The Morgan fingerprint density at radius 1 is 1.00 bits per heavy atom. The number of nitrogens with one attached hydrogen (secondary N) is 2. The summed E-state index contributed by atoms with van der Waals surface area (Å²) in [7, 11) is 0. The van der Waals surface area contributed by atoms with E-state index in [0.717, 1.165) is 0 Å². The third-order valence-electron chi connectivity index (χ3n) is 6.25. The number of amides is 2. The fourth-order valence-electron chi connectivity index (χ4n) is 4.42. The van der Waals surface area contributed by atoms with E-state index < -0.39 is 29.5 Å². The summed E-state index contributed by atoms with van der Waals surface area (Å²) in [5.74, 6) is -4.73. The van der Waals surface area contributed by atoms with E-state index in [1.807, 2.05) is 42.5 Å². The first kappa shape index (κ1) is 27.4. The number of esters is 1. The van der Waals surface area contributed by atoms with Gasteiger partial charge in [-0.05, 0) is 37.3 Å². The molecule has 4 aromatic rings. The number of thioether (sulfide) groups is 1. The zero-order valence-corrected chi connectivity index (χ0v) is 22.6. The molecule has 0 radical (unpaired) electrons. The molecular weight excluding hydrogens is 542 g/mol. The number of ketones is 1. The number of ether oxygens (including phenoxy) is 1. The molecule has 0 spiro atoms. The lowest BCUT2D eigenvalue weighted by Gasteiger charge is -2.21. The van der Waals surface area contributed by atoms with E-state index in [9.17, 15) is 24.4 Å². The average molecular weight is 566 g/mol. The molecule has 5 rings (SSSR count). The molecule has 0 saturated carbocycles. The summed E-state index contributed by atoms with van der Waals surface area (Å²) in [4.78, 5) is 51.7. The Bertz CT molecular complexity index is 1700. The van der Waals surface area contributed by atoms with Crippen molar-refractivity contribution in [2.24, 2.45) is 5.92 Å². The van der Waals surface area contributed by atoms with Crippen molar-refractivity contribution < 1.29 is 23.9 Å². The molecule has 2 amide bonds. The number of rotatable bonds is 7. The molecule has 0 bridgehead atoms. The standard InChI is InChI=1S/C30H23N5O5S/c1-2-40-30(39)29(38)33-23-15-9-14-20-25-22(17-41-27(20)23)24(34-35(25)19-12-7-4-8-13-19)26(36)21(16-31)28(37)32-18-10-5-3-6-11-18/h3-15,21H,2,17H2,1H3,(H,32,37)(H,33,38). The molecule has 2 N–H and O–H groups in total. The Hall–Kier alpha value is -5.21. The highest BCUT2D eigenvalue weighted by Gasteiger charge is 2.36. The molecule has 0 saturated heterocycles. The van der Waals surface area contributed by atoms with Crippen molar-refractivity contribution in [2.75, 3.05) is 17.2 Å². The maximum absolute atomic E-state index is 13.7. The van der Waals surface area contributed by atoms with Gasteiger partial charge in [-0.3, -0.25) is 14.4 Å². The van der Waals surface area contributed by atoms with Gasteiger partial charge >= 0.3 is 11.9 Å². The van der Waals surface area contributed by atoms with Gasteiger partial charge in [0.1, 0.15) is 5.69 Å². The van der Waals surface area contributed by atoms with E-state index >= 15 is 0 Å². The van der Waals surface area contributed by atoms with Crippen molar-refractivity contribution >= 4 is 46.7 Å². The van der Waals surface area contributed by atoms with Crippen LogP contribution in [0.1, 0.15) is 23.0 Å². The number of carbonyl (C=O) groups excluding carboxylic acids is 4. The molecule has 2 heterocycles. The second kappa shape index (κ2) is 11.9. The van der Waals surface area contributed by atoms with E-state index in [2.05, 4.69) is 15.7 Å². The van der Waals surface area contributed by atoms with Crippen LogP contribution in [0.15, 0.2) is 83.8 Å². The minimum absolute atomic E-state index is 0.0118. The molecule has 10 nitrogen and oxygen atoms in total. The fourth-order valence-corrected chi connectivity index (χ4v) is 5.58. The number of Topliss-reactive ketones (excluding diaryl/α,β-unsaturated/α-hetero) is 1. The number of para-hydroxylation sites is 2. The number of nitriles is 1. The zero-order valence-electron chi connectivity index (χ0n) is 21.8. The number of fused-ring (bicyclic) bond motifs is 3. The van der Waals surface area contributed by atoms with Crippen molar-refractivity contribution in [1.29, 1.82) is 5.26 Å². The highest BCUT2D eigenvalue weighted by molar-refractivity contribution is 7.99. The van der Waals surface area contributed by atoms with Gasteiger partial charge in [-0.25, -0.2) is 9.48 Å². The number of aromatic nitrogens is 2. The third-order valence-corrected chi connectivity index (χ3v) is 7.41. The molecule has 41 heavy (non-hydrogen) atoms. The monoisotopic (exact) mass is 565 g/mol. The SMILES string of the molecule is CCOC(=O)C(=O)Nc1cccc2c1SCc1c(C(=O)C(C#N)C(=O)Nc3ccccc3)nn(-c3ccccc3)c1-2. The van der Waals surface area contributed by atoms with Gasteiger partial charge in [0.2, 0.25) is 11.7 Å². The van der Waals surface area contributed by atoms with Crippen LogP contribution in [-0.4, -0.2) is 40.0 Å². The van der Waals surface area contributed by atoms with Crippen molar-refractivity contribution in [1.82, 2.24) is 9.78 Å². The minimum atomic E-state index is -1.62. The van der Waals surface area contributed by atoms with Crippen molar-refractivity contribution in [3.05, 3.63) is 90.1 Å². The molecule has 1 aliphatic rings. The lowest BCUT2D eigenvalue weighted by molar-refractivity contribution is -0.152. The highest BCUT2D eigenvalue weighted by atomic mass is 32.2. The van der Waals surface area contributed by atoms with E-state index in [1.165, 1.54) is 11.8 Å². The molecule has 11 heteroatoms. The van der Waals surface area contributed by atoms with Gasteiger partial charge in [0.05, 0.1) is 29.7 Å². The minimum Gasteiger partial charge on any atom is -0.459 e. The van der Waals surface area contributed by atoms with E-state index in [0.29, 0.717) is 38.8 Å². The van der Waals surface area contributed by atoms with Crippen molar-refractivity contribution in [3.63, 3.8) is 0 Å². The number of hydrogen-bond donors (Lipinski definition) is 2. The van der Waals surface area contributed by atoms with Crippen LogP contribution >= 0.6 is 11.8 Å². The number of benzene rings is 3. The largest absolute Gasteiger partial charge is 0.459 e. The van der Waals surface area contributed by atoms with Gasteiger partial charge in [-0.15, -0.1) is 11.8 Å². The topological polar surface area (TPSA) is 143 Å². The van der Waals surface area contributed by atoms with Gasteiger partial charge < -0.3 is 15.4 Å². The van der Waals surface area contributed by atoms with Gasteiger partial charge in [-0.2, -0.15) is 10.4 Å². The van der Waals surface area contributed by atoms with E-state index in [-0.39, 0.29) is 18.1 Å². The van der Waals surface area contributed by atoms with E-state index in [4.69, 9.17) is 4.74 Å². The Balaban J connectivity index is 1.57. The molecule has 1 aromatic heterocycles. The number of hydrogen-bond acceptors (Lipinski definition) is 8. The predicted molar refractivity (Wildman–Crippen MR) is 152 cm³/mol. The summed E-state index contributed by atoms with van der Waals surface area (Å²) >= 11 is 1.34. The molecule has 1 atom stereocenters. The van der Waals surface area contributed by atoms with Crippen LogP contribution in [0.2, 0.25) is 0 Å². The molecule has 0 fully saturated rings. The lowest BCUT2D eigenvalue weighted by atomic mass is 9.97. The van der Waals surface area contributed by atoms with Crippen LogP contribution in [-0.2, 0) is 24.9 Å². The van der Waals surface area contributed by atoms with E-state index in [1.54, 1.807) is 54.1 Å². The highest BCUT2D eigenvalue weighted by Crippen LogP contribution is 2.47. The van der Waals surface area contributed by atoms with Gasteiger partial charge in [0.15, 0.2) is 5.92 Å². The molecule has 1 aliphatic heterocycles. The molecular formula is C30H23N5O5S. The summed E-state index contributed by atoms with van der Waals surface area (Å²) in [6.07, 6.45) is 0. The molecule has 204 valence electrons. The first-order valence-corrected chi connectivity index (χ1v) is 13.6. The number of anilines is 2. The second-order valence-electron chi connectivity index (χ2n) is 8.85. The Kier molecular flexibility index (Phi) is 7.94. The Labute approximate surface area is 239 Å². The van der Waals surface area contributed by atoms with Crippen molar-refractivity contribution in [2.45, 2.75) is 17.6 Å². The van der Waals surface area contributed by atoms with Crippen LogP contribution in [0.3, 0.4) is 0 Å². The van der Waals surface area contributed by atoms with Crippen LogP contribution < -0.4 is 10.6 Å². The first-order valence-electron chi connectivity index (χ1n) is 12.6. The zero-order chi connectivity index (χ0) is 28.9. The van der Waals surface area contributed by atoms with Crippen LogP contribution in [0, 0.1) is 17.2 Å². The third kappa shape index (κ3) is 5.46. The average Bonchev–Trinajstić information content (AvgIpc) is 3.39. The summed E-state index contributed by atoms with van der Waals surface area (Å²) in [5.41, 5.74) is 3.34. The summed E-state index contributed by atoms with van der Waals surface area (Å²) < 4.78 is 6.40. The quantitative estimate of drug-likeness (QED) is 0.143. The number of carbonyl (C=O) groups is 4. The normalized spacial score (nSPS) is 12.2. The summed E-state index contributed by atoms with van der Waals surface area (Å²) in [5, 5.41) is 19.7. The Morgan fingerprint density at radius 3 is 2.39 bits per heavy atom. The molecule has 3 aromatic carbocycles.